The molecule has 1 N–H and O–H groups in total. The maximum Gasteiger partial charge on any atom is 0.261 e. The molecule has 0 saturated heterocycles. The van der Waals surface area contributed by atoms with Gasteiger partial charge >= 0.3 is 0 Å². The number of amides is 2. The first-order chi connectivity index (χ1) is 14.7. The molecular formula is C25H33BrN2O3. The van der Waals surface area contributed by atoms with Gasteiger partial charge in [0.15, 0.2) is 6.61 Å². The van der Waals surface area contributed by atoms with Crippen molar-refractivity contribution in [2.75, 3.05) is 13.2 Å². The molecule has 0 unspecified atom stereocenters. The van der Waals surface area contributed by atoms with E-state index in [0.29, 0.717) is 24.8 Å². The van der Waals surface area contributed by atoms with Crippen molar-refractivity contribution in [3.05, 3.63) is 63.6 Å². The van der Waals surface area contributed by atoms with Crippen molar-refractivity contribution in [3.63, 3.8) is 0 Å². The molecule has 0 aliphatic heterocycles. The molecule has 168 valence electrons. The number of hydrogen-bond donors (Lipinski definition) is 1. The molecular weight excluding hydrogens is 456 g/mol. The Kier molecular flexibility index (Phi) is 9.56. The molecule has 0 radical (unpaired) electrons. The normalized spacial score (nSPS) is 11.8. The van der Waals surface area contributed by atoms with Gasteiger partial charge in [-0.25, -0.2) is 0 Å². The minimum atomic E-state index is -0.611. The summed E-state index contributed by atoms with van der Waals surface area (Å²) < 4.78 is 6.62. The number of benzene rings is 2. The molecule has 6 heteroatoms. The van der Waals surface area contributed by atoms with E-state index in [2.05, 4.69) is 28.2 Å². The number of carbonyl (C=O) groups excluding carboxylic acids is 2. The first-order valence-electron chi connectivity index (χ1n) is 10.8. The molecule has 0 fully saturated rings. The summed E-state index contributed by atoms with van der Waals surface area (Å²) >= 11 is 3.51. The lowest BCUT2D eigenvalue weighted by Gasteiger charge is -2.29. The van der Waals surface area contributed by atoms with Crippen LogP contribution in [0.15, 0.2) is 46.9 Å². The second-order valence-electron chi connectivity index (χ2n) is 8.17. The van der Waals surface area contributed by atoms with Gasteiger partial charge in [0, 0.05) is 13.1 Å². The highest BCUT2D eigenvalue weighted by Crippen LogP contribution is 2.26. The molecule has 0 heterocycles. The number of rotatable bonds is 10. The molecule has 2 aromatic carbocycles. The van der Waals surface area contributed by atoms with E-state index in [4.69, 9.17) is 4.74 Å². The van der Waals surface area contributed by atoms with Gasteiger partial charge in [-0.05, 0) is 70.9 Å². The molecule has 0 bridgehead atoms. The van der Waals surface area contributed by atoms with Crippen molar-refractivity contribution in [2.45, 2.75) is 53.6 Å². The molecule has 0 saturated carbocycles. The predicted molar refractivity (Wildman–Crippen MR) is 128 cm³/mol. The van der Waals surface area contributed by atoms with Crippen LogP contribution in [-0.2, 0) is 22.6 Å². The van der Waals surface area contributed by atoms with Crippen LogP contribution >= 0.6 is 15.9 Å². The van der Waals surface area contributed by atoms with Crippen molar-refractivity contribution in [3.8, 4) is 5.75 Å². The second-order valence-corrected chi connectivity index (χ2v) is 9.02. The summed E-state index contributed by atoms with van der Waals surface area (Å²) in [5.41, 5.74) is 3.27. The molecule has 0 spiro atoms. The summed E-state index contributed by atoms with van der Waals surface area (Å²) in [6.45, 7) is 10.7. The molecule has 5 nitrogen and oxygen atoms in total. The van der Waals surface area contributed by atoms with Crippen LogP contribution in [0, 0.1) is 12.8 Å². The Balaban J connectivity index is 2.17. The number of carbonyl (C=O) groups is 2. The van der Waals surface area contributed by atoms with Crippen LogP contribution in [0.25, 0.3) is 0 Å². The van der Waals surface area contributed by atoms with E-state index in [0.717, 1.165) is 22.0 Å². The Morgan fingerprint density at radius 3 is 2.45 bits per heavy atom. The molecule has 0 aliphatic carbocycles. The Morgan fingerprint density at radius 1 is 1.13 bits per heavy atom. The Bertz CT molecular complexity index is 898. The van der Waals surface area contributed by atoms with Crippen molar-refractivity contribution in [2.24, 2.45) is 5.92 Å². The van der Waals surface area contributed by atoms with E-state index >= 15 is 0 Å². The average molecular weight is 489 g/mol. The highest BCUT2D eigenvalue weighted by Gasteiger charge is 2.27. The maximum absolute atomic E-state index is 13.2. The van der Waals surface area contributed by atoms with E-state index < -0.39 is 6.04 Å². The van der Waals surface area contributed by atoms with Crippen molar-refractivity contribution >= 4 is 27.7 Å². The molecule has 31 heavy (non-hydrogen) atoms. The van der Waals surface area contributed by atoms with Crippen molar-refractivity contribution in [1.82, 2.24) is 10.2 Å². The fraction of sp³-hybridized carbons (Fsp3) is 0.440. The van der Waals surface area contributed by atoms with Crippen LogP contribution < -0.4 is 10.1 Å². The van der Waals surface area contributed by atoms with Gasteiger partial charge in [0.1, 0.15) is 11.8 Å². The number of halogens is 1. The third-order valence-electron chi connectivity index (χ3n) is 5.21. The third-order valence-corrected chi connectivity index (χ3v) is 5.83. The molecule has 2 amide bonds. The number of ether oxygens (including phenoxy) is 1. The summed E-state index contributed by atoms with van der Waals surface area (Å²) in [7, 11) is 0. The zero-order chi connectivity index (χ0) is 23.0. The van der Waals surface area contributed by atoms with Gasteiger partial charge in [-0.2, -0.15) is 0 Å². The highest BCUT2D eigenvalue weighted by molar-refractivity contribution is 9.10. The van der Waals surface area contributed by atoms with E-state index in [1.54, 1.807) is 11.8 Å². The zero-order valence-corrected chi connectivity index (χ0v) is 20.7. The molecule has 2 aromatic rings. The van der Waals surface area contributed by atoms with Crippen LogP contribution in [-0.4, -0.2) is 35.9 Å². The van der Waals surface area contributed by atoms with Gasteiger partial charge in [-0.1, -0.05) is 51.1 Å². The number of nitrogens with one attached hydrogen (secondary N) is 1. The molecule has 0 aliphatic rings. The number of aryl methyl sites for hydroxylation is 2. The lowest BCUT2D eigenvalue weighted by atomic mass is 10.1. The lowest BCUT2D eigenvalue weighted by Crippen LogP contribution is -2.49. The summed E-state index contributed by atoms with van der Waals surface area (Å²) in [5.74, 6) is 0.549. The Morgan fingerprint density at radius 2 is 1.84 bits per heavy atom. The minimum Gasteiger partial charge on any atom is -0.483 e. The largest absolute Gasteiger partial charge is 0.483 e. The van der Waals surface area contributed by atoms with E-state index in [-0.39, 0.29) is 18.4 Å². The zero-order valence-electron chi connectivity index (χ0n) is 19.1. The van der Waals surface area contributed by atoms with Gasteiger partial charge in [0.2, 0.25) is 5.91 Å². The smallest absolute Gasteiger partial charge is 0.261 e. The fourth-order valence-corrected chi connectivity index (χ4v) is 3.65. The van der Waals surface area contributed by atoms with Gasteiger partial charge in [-0.15, -0.1) is 0 Å². The first-order valence-corrected chi connectivity index (χ1v) is 11.5. The number of hydrogen-bond acceptors (Lipinski definition) is 3. The Hall–Kier alpha value is -2.34. The Labute approximate surface area is 194 Å². The van der Waals surface area contributed by atoms with E-state index in [1.807, 2.05) is 63.2 Å². The van der Waals surface area contributed by atoms with Crippen LogP contribution in [0.2, 0.25) is 0 Å². The maximum atomic E-state index is 13.2. The summed E-state index contributed by atoms with van der Waals surface area (Å²) in [6, 6.07) is 13.1. The number of nitrogens with zero attached hydrogens (tertiary/aromatic N) is 1. The first kappa shape index (κ1) is 24.9. The summed E-state index contributed by atoms with van der Waals surface area (Å²) in [4.78, 5) is 27.5. The van der Waals surface area contributed by atoms with Crippen LogP contribution in [0.4, 0.5) is 0 Å². The van der Waals surface area contributed by atoms with Gasteiger partial charge in [0.05, 0.1) is 4.47 Å². The van der Waals surface area contributed by atoms with Gasteiger partial charge in [-0.3, -0.25) is 9.59 Å². The van der Waals surface area contributed by atoms with Crippen LogP contribution in [0.1, 0.15) is 44.4 Å². The highest BCUT2D eigenvalue weighted by atomic mass is 79.9. The average Bonchev–Trinajstić information content (AvgIpc) is 2.75. The lowest BCUT2D eigenvalue weighted by molar-refractivity contribution is -0.142. The van der Waals surface area contributed by atoms with Crippen molar-refractivity contribution < 1.29 is 14.3 Å². The molecule has 1 atom stereocenters. The monoisotopic (exact) mass is 488 g/mol. The standard InChI is InChI=1S/C25H33BrN2O3/c1-6-20-11-12-23(22(26)13-20)31-16-24(29)28(15-21-10-8-7-9-18(21)4)19(5)25(30)27-14-17(2)3/h7-13,17,19H,6,14-16H2,1-5H3,(H,27,30)/t19-/m0/s1. The molecule has 2 rings (SSSR count). The molecule has 0 aromatic heterocycles. The topological polar surface area (TPSA) is 58.6 Å². The summed E-state index contributed by atoms with van der Waals surface area (Å²) in [5, 5.41) is 2.93. The van der Waals surface area contributed by atoms with Crippen LogP contribution in [0.5, 0.6) is 5.75 Å². The van der Waals surface area contributed by atoms with Crippen LogP contribution in [0.3, 0.4) is 0 Å². The summed E-state index contributed by atoms with van der Waals surface area (Å²) in [6.07, 6.45) is 0.922. The van der Waals surface area contributed by atoms with E-state index in [1.165, 1.54) is 5.56 Å². The predicted octanol–water partition coefficient (Wildman–Crippen LogP) is 4.89. The second kappa shape index (κ2) is 11.9. The third kappa shape index (κ3) is 7.39. The fourth-order valence-electron chi connectivity index (χ4n) is 3.11. The van der Waals surface area contributed by atoms with Crippen molar-refractivity contribution in [1.29, 1.82) is 0 Å². The van der Waals surface area contributed by atoms with Gasteiger partial charge in [0.25, 0.3) is 5.91 Å². The van der Waals surface area contributed by atoms with Gasteiger partial charge < -0.3 is 15.0 Å². The quantitative estimate of drug-likeness (QED) is 0.517. The SMILES string of the molecule is CCc1ccc(OCC(=O)N(Cc2ccccc2C)[C@@H](C)C(=O)NCC(C)C)c(Br)c1. The van der Waals surface area contributed by atoms with E-state index in [9.17, 15) is 9.59 Å². The minimum absolute atomic E-state index is 0.141.